The van der Waals surface area contributed by atoms with Crippen molar-refractivity contribution in [3.8, 4) is 44.9 Å². The molecule has 0 aliphatic carbocycles. The average Bonchev–Trinajstić information content (AvgIpc) is 3.23. The lowest BCUT2D eigenvalue weighted by Crippen LogP contribution is -2.32. The van der Waals surface area contributed by atoms with Crippen LogP contribution in [0.15, 0.2) is 194 Å². The van der Waals surface area contributed by atoms with E-state index in [1.165, 1.54) is 44.6 Å². The largest absolute Gasteiger partial charge is 0.453 e. The fourth-order valence-corrected chi connectivity index (χ4v) is 8.32. The van der Waals surface area contributed by atoms with E-state index in [4.69, 9.17) is 4.74 Å². The first kappa shape index (κ1) is 31.9. The molecule has 8 aromatic carbocycles. The fraction of sp³-hybridized carbons (Fsp3) is 0.0588. The Balaban J connectivity index is 1.08. The molecule has 3 nitrogen and oxygen atoms in total. The molecule has 2 aliphatic rings. The lowest BCUT2D eigenvalue weighted by atomic mass is 9.72. The molecular formula is C51H38N2O. The van der Waals surface area contributed by atoms with Crippen molar-refractivity contribution in [2.45, 2.75) is 19.3 Å². The van der Waals surface area contributed by atoms with E-state index in [1.54, 1.807) is 0 Å². The molecule has 8 aromatic rings. The standard InChI is InChI=1S/C51H38N2O/c1-51(2)43-33-28-39(34-47(43)53-46-21-11-12-22-48(46)54-49-23-13-19-44(51)50(49)53)37-26-31-41(32-27-37)52(40-29-24-36(25-30-40)35-14-5-3-6-15-35)45-20-10-9-18-42(45)38-16-7-4-8-17-38/h3-34H,1-2H3. The smallest absolute Gasteiger partial charge is 0.151 e. The van der Waals surface area contributed by atoms with E-state index in [0.717, 1.165) is 45.5 Å². The van der Waals surface area contributed by atoms with E-state index >= 15 is 0 Å². The first-order valence-corrected chi connectivity index (χ1v) is 18.6. The van der Waals surface area contributed by atoms with Crippen LogP contribution in [0.4, 0.5) is 34.1 Å². The normalized spacial score (nSPS) is 13.3. The average molecular weight is 695 g/mol. The third-order valence-corrected chi connectivity index (χ3v) is 11.1. The summed E-state index contributed by atoms with van der Waals surface area (Å²) in [6.07, 6.45) is 0. The maximum absolute atomic E-state index is 6.48. The van der Waals surface area contributed by atoms with Gasteiger partial charge in [0.2, 0.25) is 0 Å². The second kappa shape index (κ2) is 12.7. The number of hydrogen-bond donors (Lipinski definition) is 0. The first-order valence-electron chi connectivity index (χ1n) is 18.6. The van der Waals surface area contributed by atoms with Gasteiger partial charge in [0.25, 0.3) is 0 Å². The highest BCUT2D eigenvalue weighted by Gasteiger charge is 2.41. The Morgan fingerprint density at radius 3 is 1.70 bits per heavy atom. The van der Waals surface area contributed by atoms with Gasteiger partial charge in [-0.3, -0.25) is 0 Å². The zero-order valence-electron chi connectivity index (χ0n) is 30.3. The van der Waals surface area contributed by atoms with Gasteiger partial charge in [-0.2, -0.15) is 0 Å². The van der Waals surface area contributed by atoms with Crippen molar-refractivity contribution in [1.82, 2.24) is 0 Å². The number of fused-ring (bicyclic) bond motifs is 4. The van der Waals surface area contributed by atoms with E-state index in [9.17, 15) is 0 Å². The Morgan fingerprint density at radius 1 is 0.426 bits per heavy atom. The summed E-state index contributed by atoms with van der Waals surface area (Å²) in [6.45, 7) is 4.64. The summed E-state index contributed by atoms with van der Waals surface area (Å²) in [6, 6.07) is 69.6. The molecular weight excluding hydrogens is 657 g/mol. The molecule has 0 aromatic heterocycles. The molecule has 0 bridgehead atoms. The zero-order valence-corrected chi connectivity index (χ0v) is 30.3. The van der Waals surface area contributed by atoms with Crippen LogP contribution in [-0.2, 0) is 5.41 Å². The predicted molar refractivity (Wildman–Crippen MR) is 224 cm³/mol. The van der Waals surface area contributed by atoms with Gasteiger partial charge >= 0.3 is 0 Å². The summed E-state index contributed by atoms with van der Waals surface area (Å²) in [7, 11) is 0. The molecule has 54 heavy (non-hydrogen) atoms. The van der Waals surface area contributed by atoms with Crippen LogP contribution in [0.3, 0.4) is 0 Å². The molecule has 0 amide bonds. The van der Waals surface area contributed by atoms with Gasteiger partial charge in [0.1, 0.15) is 0 Å². The lowest BCUT2D eigenvalue weighted by Gasteiger charge is -2.45. The van der Waals surface area contributed by atoms with Crippen molar-refractivity contribution in [2.24, 2.45) is 0 Å². The third kappa shape index (κ3) is 5.20. The number of rotatable bonds is 6. The quantitative estimate of drug-likeness (QED) is 0.172. The van der Waals surface area contributed by atoms with E-state index in [-0.39, 0.29) is 5.41 Å². The Morgan fingerprint density at radius 2 is 0.981 bits per heavy atom. The SMILES string of the molecule is CC1(C)c2ccc(-c3ccc(N(c4ccc(-c5ccccc5)cc4)c4ccccc4-c4ccccc4)cc3)cc2N2c3ccccc3Oc3cccc1c32. The van der Waals surface area contributed by atoms with Crippen molar-refractivity contribution in [1.29, 1.82) is 0 Å². The van der Waals surface area contributed by atoms with Crippen LogP contribution in [0.5, 0.6) is 11.5 Å². The highest BCUT2D eigenvalue weighted by atomic mass is 16.5. The number of anilines is 6. The predicted octanol–water partition coefficient (Wildman–Crippen LogP) is 14.4. The van der Waals surface area contributed by atoms with Crippen LogP contribution >= 0.6 is 0 Å². The second-order valence-electron chi connectivity index (χ2n) is 14.6. The molecule has 0 atom stereocenters. The van der Waals surface area contributed by atoms with Gasteiger partial charge < -0.3 is 14.5 Å². The van der Waals surface area contributed by atoms with E-state index in [2.05, 4.69) is 212 Å². The highest BCUT2D eigenvalue weighted by Crippen LogP contribution is 2.60. The molecule has 0 radical (unpaired) electrons. The molecule has 258 valence electrons. The van der Waals surface area contributed by atoms with E-state index in [0.29, 0.717) is 0 Å². The van der Waals surface area contributed by atoms with E-state index < -0.39 is 0 Å². The van der Waals surface area contributed by atoms with Crippen LogP contribution < -0.4 is 14.5 Å². The van der Waals surface area contributed by atoms with Crippen molar-refractivity contribution in [3.05, 3.63) is 205 Å². The number of nitrogens with zero attached hydrogens (tertiary/aromatic N) is 2. The topological polar surface area (TPSA) is 15.7 Å². The Hall–Kier alpha value is -6.84. The van der Waals surface area contributed by atoms with Crippen LogP contribution in [0.25, 0.3) is 33.4 Å². The van der Waals surface area contributed by atoms with Gasteiger partial charge in [-0.15, -0.1) is 0 Å². The molecule has 2 heterocycles. The molecule has 0 saturated carbocycles. The van der Waals surface area contributed by atoms with Crippen LogP contribution in [0.1, 0.15) is 25.0 Å². The van der Waals surface area contributed by atoms with Crippen LogP contribution in [0, 0.1) is 0 Å². The van der Waals surface area contributed by atoms with Gasteiger partial charge in [0.15, 0.2) is 11.5 Å². The van der Waals surface area contributed by atoms with Gasteiger partial charge in [-0.25, -0.2) is 0 Å². The maximum atomic E-state index is 6.48. The molecule has 10 rings (SSSR count). The van der Waals surface area contributed by atoms with Crippen molar-refractivity contribution in [2.75, 3.05) is 9.80 Å². The lowest BCUT2D eigenvalue weighted by molar-refractivity contribution is 0.471. The molecule has 2 aliphatic heterocycles. The summed E-state index contributed by atoms with van der Waals surface area (Å²) in [5, 5.41) is 0. The molecule has 0 saturated heterocycles. The number of hydrogen-bond acceptors (Lipinski definition) is 3. The first-order chi connectivity index (χ1) is 26.5. The summed E-state index contributed by atoms with van der Waals surface area (Å²) >= 11 is 0. The van der Waals surface area contributed by atoms with Gasteiger partial charge in [0, 0.05) is 22.4 Å². The molecule has 0 N–H and O–H groups in total. The third-order valence-electron chi connectivity index (χ3n) is 11.1. The van der Waals surface area contributed by atoms with Crippen molar-refractivity contribution >= 4 is 34.1 Å². The summed E-state index contributed by atoms with van der Waals surface area (Å²) < 4.78 is 6.48. The second-order valence-corrected chi connectivity index (χ2v) is 14.6. The monoisotopic (exact) mass is 694 g/mol. The van der Waals surface area contributed by atoms with Gasteiger partial charge in [-0.1, -0.05) is 153 Å². The number of benzene rings is 8. The van der Waals surface area contributed by atoms with Crippen molar-refractivity contribution in [3.63, 3.8) is 0 Å². The molecule has 0 unspecified atom stereocenters. The Kier molecular flexibility index (Phi) is 7.48. The summed E-state index contributed by atoms with van der Waals surface area (Å²) in [4.78, 5) is 4.78. The minimum absolute atomic E-state index is 0.197. The molecule has 0 fully saturated rings. The summed E-state index contributed by atoms with van der Waals surface area (Å²) in [5.41, 5.74) is 16.2. The highest BCUT2D eigenvalue weighted by molar-refractivity contribution is 5.95. The van der Waals surface area contributed by atoms with Crippen LogP contribution in [0.2, 0.25) is 0 Å². The Labute approximate surface area is 317 Å². The van der Waals surface area contributed by atoms with Crippen molar-refractivity contribution < 1.29 is 4.74 Å². The number of para-hydroxylation sites is 4. The Bertz CT molecular complexity index is 2650. The van der Waals surface area contributed by atoms with Gasteiger partial charge in [-0.05, 0) is 93.5 Å². The maximum Gasteiger partial charge on any atom is 0.151 e. The van der Waals surface area contributed by atoms with Crippen LogP contribution in [-0.4, -0.2) is 0 Å². The minimum atomic E-state index is -0.197. The molecule has 0 spiro atoms. The summed E-state index contributed by atoms with van der Waals surface area (Å²) in [5.74, 6) is 1.77. The molecule has 3 heteroatoms. The minimum Gasteiger partial charge on any atom is -0.453 e. The van der Waals surface area contributed by atoms with Gasteiger partial charge in [0.05, 0.1) is 22.7 Å². The van der Waals surface area contributed by atoms with E-state index in [1.807, 2.05) is 6.07 Å². The number of ether oxygens (including phenoxy) is 1. The fourth-order valence-electron chi connectivity index (χ4n) is 8.32. The zero-order chi connectivity index (χ0) is 36.2.